The minimum absolute atomic E-state index is 0.0279. The van der Waals surface area contributed by atoms with Gasteiger partial charge >= 0.3 is 10.2 Å². The molecule has 0 spiro atoms. The lowest BCUT2D eigenvalue weighted by Gasteiger charge is -2.36. The van der Waals surface area contributed by atoms with E-state index in [0.29, 0.717) is 18.8 Å². The van der Waals surface area contributed by atoms with Crippen LogP contribution < -0.4 is 4.31 Å². The normalized spacial score (nSPS) is 20.8. The standard InChI is InChI=1S/C14H22N2O3S/c1-3-15(13-8-6-9-14(17)11-13)20(18,19)16-10-5-4-7-12(16)2/h6,8-9,11-12,17H,3-5,7,10H2,1-2H3. The first-order chi connectivity index (χ1) is 9.46. The summed E-state index contributed by atoms with van der Waals surface area (Å²) in [5.41, 5.74) is 0.505. The van der Waals surface area contributed by atoms with E-state index in [4.69, 9.17) is 0 Å². The van der Waals surface area contributed by atoms with Crippen molar-refractivity contribution < 1.29 is 13.5 Å². The largest absolute Gasteiger partial charge is 0.508 e. The highest BCUT2D eigenvalue weighted by Crippen LogP contribution is 2.27. The van der Waals surface area contributed by atoms with Gasteiger partial charge in [0.2, 0.25) is 0 Å². The number of rotatable bonds is 4. The minimum atomic E-state index is -3.54. The van der Waals surface area contributed by atoms with Gasteiger partial charge in [-0.2, -0.15) is 12.7 Å². The van der Waals surface area contributed by atoms with Gasteiger partial charge in [-0.05, 0) is 38.8 Å². The molecule has 0 amide bonds. The molecule has 1 fully saturated rings. The van der Waals surface area contributed by atoms with Crippen LogP contribution in [0.1, 0.15) is 33.1 Å². The molecule has 1 saturated heterocycles. The molecule has 1 aliphatic heterocycles. The van der Waals surface area contributed by atoms with Gasteiger partial charge in [0.15, 0.2) is 0 Å². The molecule has 1 aliphatic rings. The van der Waals surface area contributed by atoms with Gasteiger partial charge in [-0.1, -0.05) is 12.5 Å². The van der Waals surface area contributed by atoms with Crippen LogP contribution in [0, 0.1) is 0 Å². The molecular weight excluding hydrogens is 276 g/mol. The van der Waals surface area contributed by atoms with Crippen molar-refractivity contribution in [1.29, 1.82) is 0 Å². The van der Waals surface area contributed by atoms with Crippen LogP contribution in [0.25, 0.3) is 0 Å². The fraction of sp³-hybridized carbons (Fsp3) is 0.571. The summed E-state index contributed by atoms with van der Waals surface area (Å²) in [6.45, 7) is 4.66. The molecule has 0 bridgehead atoms. The number of nitrogens with zero attached hydrogens (tertiary/aromatic N) is 2. The number of phenols is 1. The van der Waals surface area contributed by atoms with Gasteiger partial charge in [-0.3, -0.25) is 4.31 Å². The predicted octanol–water partition coefficient (Wildman–Crippen LogP) is 2.34. The zero-order valence-corrected chi connectivity index (χ0v) is 12.8. The molecule has 5 nitrogen and oxygen atoms in total. The molecule has 2 rings (SSSR count). The van der Waals surface area contributed by atoms with Gasteiger partial charge in [0, 0.05) is 25.2 Å². The molecule has 1 aromatic carbocycles. The summed E-state index contributed by atoms with van der Waals surface area (Å²) in [7, 11) is -3.54. The topological polar surface area (TPSA) is 60.9 Å². The van der Waals surface area contributed by atoms with Gasteiger partial charge in [-0.25, -0.2) is 0 Å². The van der Waals surface area contributed by atoms with Gasteiger partial charge < -0.3 is 5.11 Å². The maximum Gasteiger partial charge on any atom is 0.304 e. The average Bonchev–Trinajstić information content (AvgIpc) is 2.39. The zero-order valence-electron chi connectivity index (χ0n) is 12.0. The van der Waals surface area contributed by atoms with Crippen molar-refractivity contribution in [3.05, 3.63) is 24.3 Å². The number of aromatic hydroxyl groups is 1. The van der Waals surface area contributed by atoms with E-state index in [0.717, 1.165) is 19.3 Å². The van der Waals surface area contributed by atoms with Crippen molar-refractivity contribution in [2.24, 2.45) is 0 Å². The quantitative estimate of drug-likeness (QED) is 0.928. The molecule has 1 unspecified atom stereocenters. The van der Waals surface area contributed by atoms with Crippen molar-refractivity contribution in [1.82, 2.24) is 4.31 Å². The van der Waals surface area contributed by atoms with Crippen LogP contribution in [-0.2, 0) is 10.2 Å². The Morgan fingerprint density at radius 2 is 2.15 bits per heavy atom. The Kier molecular flexibility index (Phi) is 4.55. The van der Waals surface area contributed by atoms with Gasteiger partial charge in [0.05, 0.1) is 5.69 Å². The molecular formula is C14H22N2O3S. The Hall–Kier alpha value is -1.27. The van der Waals surface area contributed by atoms with Crippen LogP contribution >= 0.6 is 0 Å². The second-order valence-corrected chi connectivity index (χ2v) is 6.95. The predicted molar refractivity (Wildman–Crippen MR) is 80.1 cm³/mol. The number of hydrogen-bond donors (Lipinski definition) is 1. The highest BCUT2D eigenvalue weighted by atomic mass is 32.2. The summed E-state index contributed by atoms with van der Waals surface area (Å²) in [5, 5.41) is 9.55. The second kappa shape index (κ2) is 6.01. The van der Waals surface area contributed by atoms with Crippen LogP contribution in [0.2, 0.25) is 0 Å². The van der Waals surface area contributed by atoms with Crippen molar-refractivity contribution >= 4 is 15.9 Å². The third-order valence-electron chi connectivity index (χ3n) is 3.72. The summed E-state index contributed by atoms with van der Waals surface area (Å²) in [6.07, 6.45) is 2.88. The lowest BCUT2D eigenvalue weighted by Crippen LogP contribution is -2.49. The monoisotopic (exact) mass is 298 g/mol. The number of piperidine rings is 1. The van der Waals surface area contributed by atoms with E-state index in [2.05, 4.69) is 0 Å². The third kappa shape index (κ3) is 2.91. The number of benzene rings is 1. The Morgan fingerprint density at radius 3 is 2.75 bits per heavy atom. The van der Waals surface area contributed by atoms with Gasteiger partial charge in [0.1, 0.15) is 5.75 Å². The first kappa shape index (κ1) is 15.1. The van der Waals surface area contributed by atoms with Gasteiger partial charge in [0.25, 0.3) is 0 Å². The summed E-state index contributed by atoms with van der Waals surface area (Å²) >= 11 is 0. The Morgan fingerprint density at radius 1 is 1.40 bits per heavy atom. The molecule has 0 aromatic heterocycles. The van der Waals surface area contributed by atoms with Crippen LogP contribution in [-0.4, -0.2) is 37.0 Å². The highest BCUT2D eigenvalue weighted by molar-refractivity contribution is 7.90. The minimum Gasteiger partial charge on any atom is -0.508 e. The summed E-state index contributed by atoms with van der Waals surface area (Å²) < 4.78 is 28.5. The molecule has 1 heterocycles. The Balaban J connectivity index is 2.34. The van der Waals surface area contributed by atoms with Crippen molar-refractivity contribution in [3.8, 4) is 5.75 Å². The van der Waals surface area contributed by atoms with Crippen LogP contribution in [0.15, 0.2) is 24.3 Å². The highest BCUT2D eigenvalue weighted by Gasteiger charge is 2.34. The first-order valence-corrected chi connectivity index (χ1v) is 8.45. The van der Waals surface area contributed by atoms with E-state index in [-0.39, 0.29) is 11.8 Å². The lowest BCUT2D eigenvalue weighted by molar-refractivity contribution is 0.268. The van der Waals surface area contributed by atoms with Crippen LogP contribution in [0.4, 0.5) is 5.69 Å². The average molecular weight is 298 g/mol. The van der Waals surface area contributed by atoms with E-state index in [1.54, 1.807) is 23.4 Å². The summed E-state index contributed by atoms with van der Waals surface area (Å²) in [5.74, 6) is 0.0721. The van der Waals surface area contributed by atoms with E-state index in [1.165, 1.54) is 16.4 Å². The summed E-state index contributed by atoms with van der Waals surface area (Å²) in [4.78, 5) is 0. The molecule has 20 heavy (non-hydrogen) atoms. The second-order valence-electron chi connectivity index (χ2n) is 5.15. The number of anilines is 1. The molecule has 1 aromatic rings. The molecule has 112 valence electrons. The van der Waals surface area contributed by atoms with E-state index in [9.17, 15) is 13.5 Å². The fourth-order valence-electron chi connectivity index (χ4n) is 2.67. The number of phenolic OH excluding ortho intramolecular Hbond substituents is 1. The number of hydrogen-bond acceptors (Lipinski definition) is 3. The third-order valence-corrected chi connectivity index (χ3v) is 5.88. The molecule has 0 saturated carbocycles. The van der Waals surface area contributed by atoms with Gasteiger partial charge in [-0.15, -0.1) is 0 Å². The molecule has 1 atom stereocenters. The smallest absolute Gasteiger partial charge is 0.304 e. The lowest BCUT2D eigenvalue weighted by atomic mass is 10.1. The van der Waals surface area contributed by atoms with Crippen molar-refractivity contribution in [3.63, 3.8) is 0 Å². The maximum absolute atomic E-state index is 12.8. The van der Waals surface area contributed by atoms with Crippen molar-refractivity contribution in [2.45, 2.75) is 39.2 Å². The van der Waals surface area contributed by atoms with Crippen LogP contribution in [0.5, 0.6) is 5.75 Å². The summed E-state index contributed by atoms with van der Waals surface area (Å²) in [6, 6.07) is 6.40. The SMILES string of the molecule is CCN(c1cccc(O)c1)S(=O)(=O)N1CCCCC1C. The Bertz CT molecular complexity index is 559. The zero-order chi connectivity index (χ0) is 14.8. The fourth-order valence-corrected chi connectivity index (χ4v) is 4.55. The maximum atomic E-state index is 12.8. The van der Waals surface area contributed by atoms with E-state index in [1.807, 2.05) is 6.92 Å². The molecule has 1 N–H and O–H groups in total. The first-order valence-electron chi connectivity index (χ1n) is 7.05. The molecule has 6 heteroatoms. The van der Waals surface area contributed by atoms with Crippen LogP contribution in [0.3, 0.4) is 0 Å². The molecule has 0 radical (unpaired) electrons. The molecule has 0 aliphatic carbocycles. The Labute approximate surface area is 121 Å². The van der Waals surface area contributed by atoms with E-state index >= 15 is 0 Å². The van der Waals surface area contributed by atoms with E-state index < -0.39 is 10.2 Å². The van der Waals surface area contributed by atoms with Crippen molar-refractivity contribution in [2.75, 3.05) is 17.4 Å².